The van der Waals surface area contributed by atoms with Gasteiger partial charge < -0.3 is 15.0 Å². The summed E-state index contributed by atoms with van der Waals surface area (Å²) in [5.74, 6) is 0.478. The van der Waals surface area contributed by atoms with Gasteiger partial charge in [0, 0.05) is 25.6 Å². The Morgan fingerprint density at radius 1 is 1.32 bits per heavy atom. The lowest BCUT2D eigenvalue weighted by Crippen LogP contribution is -2.46. The molecular weight excluding hydrogens is 320 g/mol. The number of likely N-dealkylation sites (tertiary alicyclic amines) is 1. The van der Waals surface area contributed by atoms with E-state index in [9.17, 15) is 9.59 Å². The third-order valence-corrected chi connectivity index (χ3v) is 4.91. The molecule has 3 N–H and O–H groups in total. The van der Waals surface area contributed by atoms with Gasteiger partial charge in [-0.2, -0.15) is 0 Å². The van der Waals surface area contributed by atoms with Gasteiger partial charge in [-0.1, -0.05) is 19.1 Å². The summed E-state index contributed by atoms with van der Waals surface area (Å²) < 4.78 is 5.14. The molecule has 1 aromatic carbocycles. The predicted molar refractivity (Wildman–Crippen MR) is 93.4 cm³/mol. The maximum absolute atomic E-state index is 12.4. The number of carbonyl (C=O) groups is 2. The maximum atomic E-state index is 12.4. The summed E-state index contributed by atoms with van der Waals surface area (Å²) in [5, 5.41) is 3.00. The Morgan fingerprint density at radius 3 is 2.72 bits per heavy atom. The molecule has 25 heavy (non-hydrogen) atoms. The van der Waals surface area contributed by atoms with E-state index in [-0.39, 0.29) is 30.3 Å². The lowest BCUT2D eigenvalue weighted by Gasteiger charge is -2.18. The molecule has 2 amide bonds. The zero-order valence-corrected chi connectivity index (χ0v) is 14.7. The normalized spacial score (nSPS) is 26.1. The van der Waals surface area contributed by atoms with Crippen molar-refractivity contribution in [3.8, 4) is 5.75 Å². The molecule has 0 aliphatic carbocycles. The molecule has 0 spiro atoms. The molecule has 3 rings (SSSR count). The first-order valence-electron chi connectivity index (χ1n) is 8.81. The minimum Gasteiger partial charge on any atom is -0.497 e. The summed E-state index contributed by atoms with van der Waals surface area (Å²) in [5.41, 5.74) is 7.28. The van der Waals surface area contributed by atoms with E-state index in [0.717, 1.165) is 24.2 Å². The van der Waals surface area contributed by atoms with E-state index in [2.05, 4.69) is 23.1 Å². The van der Waals surface area contributed by atoms with Gasteiger partial charge in [-0.3, -0.25) is 15.0 Å². The lowest BCUT2D eigenvalue weighted by atomic mass is 10.1. The van der Waals surface area contributed by atoms with Crippen LogP contribution in [0, 0.1) is 5.92 Å². The number of nitrogens with zero attached hydrogens (tertiary/aromatic N) is 1. The molecule has 2 saturated heterocycles. The van der Waals surface area contributed by atoms with Crippen molar-refractivity contribution in [2.24, 2.45) is 5.92 Å². The van der Waals surface area contributed by atoms with E-state index in [1.165, 1.54) is 0 Å². The quantitative estimate of drug-likeness (QED) is 0.708. The van der Waals surface area contributed by atoms with E-state index in [1.54, 1.807) is 12.0 Å². The van der Waals surface area contributed by atoms with Gasteiger partial charge in [0.05, 0.1) is 19.2 Å². The van der Waals surface area contributed by atoms with Gasteiger partial charge >= 0.3 is 0 Å². The summed E-state index contributed by atoms with van der Waals surface area (Å²) in [6.45, 7) is 3.10. The maximum Gasteiger partial charge on any atom is 0.226 e. The van der Waals surface area contributed by atoms with Crippen LogP contribution in [0.5, 0.6) is 5.75 Å². The first-order chi connectivity index (χ1) is 12.1. The molecule has 2 heterocycles. The number of methoxy groups -OCH3 is 1. The van der Waals surface area contributed by atoms with E-state index in [1.807, 2.05) is 24.3 Å². The van der Waals surface area contributed by atoms with Crippen LogP contribution in [0.1, 0.15) is 31.7 Å². The number of hydrazine groups is 1. The number of hydrogen-bond donors (Lipinski definition) is 3. The third kappa shape index (κ3) is 4.29. The number of ether oxygens (including phenoxy) is 1. The number of benzene rings is 1. The van der Waals surface area contributed by atoms with Crippen LogP contribution in [0.25, 0.3) is 0 Å². The molecule has 2 aliphatic rings. The van der Waals surface area contributed by atoms with Gasteiger partial charge in [-0.05, 0) is 30.5 Å². The van der Waals surface area contributed by atoms with Crippen molar-refractivity contribution in [3.63, 3.8) is 0 Å². The highest BCUT2D eigenvalue weighted by molar-refractivity contribution is 5.89. The second-order valence-corrected chi connectivity index (χ2v) is 6.71. The van der Waals surface area contributed by atoms with Crippen LogP contribution in [0.3, 0.4) is 0 Å². The first-order valence-corrected chi connectivity index (χ1v) is 8.81. The fraction of sp³-hybridized carbons (Fsp3) is 0.556. The standard InChI is InChI=1S/C18H26N4O3/c1-3-14-9-16(21-20-14)19-18(24)13-8-17(23)22(11-13)10-12-4-6-15(25-2)7-5-12/h4-7,13-14,16,20-21H,3,8-11H2,1-2H3,(H,19,24). The second-order valence-electron chi connectivity index (χ2n) is 6.71. The molecule has 7 heteroatoms. The molecule has 2 aliphatic heterocycles. The fourth-order valence-electron chi connectivity index (χ4n) is 3.33. The highest BCUT2D eigenvalue weighted by Gasteiger charge is 2.35. The van der Waals surface area contributed by atoms with Gasteiger partial charge in [0.1, 0.15) is 5.75 Å². The highest BCUT2D eigenvalue weighted by atomic mass is 16.5. The Kier molecular flexibility index (Phi) is 5.55. The molecule has 3 unspecified atom stereocenters. The topological polar surface area (TPSA) is 82.7 Å². The average Bonchev–Trinajstić information content (AvgIpc) is 3.22. The molecule has 0 radical (unpaired) electrons. The van der Waals surface area contributed by atoms with Crippen LogP contribution < -0.4 is 20.9 Å². The summed E-state index contributed by atoms with van der Waals surface area (Å²) in [6.07, 6.45) is 2.08. The van der Waals surface area contributed by atoms with Crippen molar-refractivity contribution in [2.75, 3.05) is 13.7 Å². The second kappa shape index (κ2) is 7.84. The minimum atomic E-state index is -0.284. The largest absolute Gasteiger partial charge is 0.497 e. The first kappa shape index (κ1) is 17.7. The van der Waals surface area contributed by atoms with Crippen molar-refractivity contribution in [3.05, 3.63) is 29.8 Å². The van der Waals surface area contributed by atoms with Gasteiger partial charge in [0.15, 0.2) is 0 Å². The highest BCUT2D eigenvalue weighted by Crippen LogP contribution is 2.22. The lowest BCUT2D eigenvalue weighted by molar-refractivity contribution is -0.129. The zero-order chi connectivity index (χ0) is 17.8. The fourth-order valence-corrected chi connectivity index (χ4v) is 3.33. The molecule has 3 atom stereocenters. The van der Waals surface area contributed by atoms with Crippen LogP contribution in [0.2, 0.25) is 0 Å². The Morgan fingerprint density at radius 2 is 2.08 bits per heavy atom. The Balaban J connectivity index is 1.52. The minimum absolute atomic E-state index is 0.0277. The van der Waals surface area contributed by atoms with Crippen molar-refractivity contribution in [1.82, 2.24) is 21.1 Å². The molecule has 0 aromatic heterocycles. The predicted octanol–water partition coefficient (Wildman–Crippen LogP) is 0.762. The number of nitrogens with one attached hydrogen (secondary N) is 3. The molecular formula is C18H26N4O3. The van der Waals surface area contributed by atoms with Crippen molar-refractivity contribution < 1.29 is 14.3 Å². The van der Waals surface area contributed by atoms with Crippen LogP contribution in [-0.2, 0) is 16.1 Å². The number of hydrogen-bond acceptors (Lipinski definition) is 5. The smallest absolute Gasteiger partial charge is 0.226 e. The number of amides is 2. The number of carbonyl (C=O) groups excluding carboxylic acids is 2. The molecule has 7 nitrogen and oxygen atoms in total. The van der Waals surface area contributed by atoms with Gasteiger partial charge in [0.2, 0.25) is 11.8 Å². The van der Waals surface area contributed by atoms with E-state index < -0.39 is 0 Å². The van der Waals surface area contributed by atoms with Gasteiger partial charge in [-0.25, -0.2) is 5.43 Å². The SMILES string of the molecule is CCC1CC(NC(=O)C2CC(=O)N(Cc3ccc(OC)cc3)C2)NN1. The summed E-state index contributed by atoms with van der Waals surface area (Å²) in [7, 11) is 1.62. The summed E-state index contributed by atoms with van der Waals surface area (Å²) in [4.78, 5) is 26.4. The molecule has 0 bridgehead atoms. The van der Waals surface area contributed by atoms with Crippen LogP contribution in [0.4, 0.5) is 0 Å². The molecule has 1 aromatic rings. The van der Waals surface area contributed by atoms with Gasteiger partial charge in [-0.15, -0.1) is 0 Å². The van der Waals surface area contributed by atoms with E-state index in [4.69, 9.17) is 4.74 Å². The van der Waals surface area contributed by atoms with Crippen molar-refractivity contribution in [2.45, 2.75) is 44.9 Å². The summed E-state index contributed by atoms with van der Waals surface area (Å²) in [6, 6.07) is 8.02. The van der Waals surface area contributed by atoms with Crippen LogP contribution in [0.15, 0.2) is 24.3 Å². The molecule has 136 valence electrons. The molecule has 2 fully saturated rings. The monoisotopic (exact) mass is 346 g/mol. The zero-order valence-electron chi connectivity index (χ0n) is 14.7. The van der Waals surface area contributed by atoms with Gasteiger partial charge in [0.25, 0.3) is 0 Å². The summed E-state index contributed by atoms with van der Waals surface area (Å²) >= 11 is 0. The Hall–Kier alpha value is -2.12. The van der Waals surface area contributed by atoms with E-state index >= 15 is 0 Å². The average molecular weight is 346 g/mol. The Labute approximate surface area is 148 Å². The van der Waals surface area contributed by atoms with Crippen LogP contribution in [-0.4, -0.2) is 42.6 Å². The Bertz CT molecular complexity index is 619. The van der Waals surface area contributed by atoms with E-state index in [0.29, 0.717) is 19.1 Å². The van der Waals surface area contributed by atoms with Crippen molar-refractivity contribution >= 4 is 11.8 Å². The molecule has 0 saturated carbocycles. The number of rotatable bonds is 6. The van der Waals surface area contributed by atoms with Crippen LogP contribution >= 0.6 is 0 Å². The van der Waals surface area contributed by atoms with Crippen molar-refractivity contribution in [1.29, 1.82) is 0 Å². The third-order valence-electron chi connectivity index (χ3n) is 4.91.